The lowest BCUT2D eigenvalue weighted by molar-refractivity contribution is -0.147. The van der Waals surface area contributed by atoms with Gasteiger partial charge in [-0.2, -0.15) is 5.26 Å². The Labute approximate surface area is 104 Å². The van der Waals surface area contributed by atoms with Gasteiger partial charge in [0.2, 0.25) is 5.91 Å². The quantitative estimate of drug-likeness (QED) is 0.753. The van der Waals surface area contributed by atoms with Gasteiger partial charge in [0.15, 0.2) is 0 Å². The van der Waals surface area contributed by atoms with Gasteiger partial charge < -0.3 is 4.90 Å². The Hall–Kier alpha value is -1.04. The maximum absolute atomic E-state index is 12.5. The Morgan fingerprint density at radius 2 is 2.00 bits per heavy atom. The summed E-state index contributed by atoms with van der Waals surface area (Å²) in [6.45, 7) is 4.90. The monoisotopic (exact) mass is 234 g/mol. The smallest absolute Gasteiger partial charge is 0.243 e. The third-order valence-corrected chi connectivity index (χ3v) is 4.38. The molecule has 3 nitrogen and oxygen atoms in total. The SMILES string of the molecule is CCN(C(=O)C1(C#N)CC(C)C1)C1CCCC1. The second-order valence-electron chi connectivity index (χ2n) is 5.74. The van der Waals surface area contributed by atoms with Crippen LogP contribution in [0.5, 0.6) is 0 Å². The van der Waals surface area contributed by atoms with Gasteiger partial charge in [-0.25, -0.2) is 0 Å². The van der Waals surface area contributed by atoms with Gasteiger partial charge in [0.05, 0.1) is 6.07 Å². The van der Waals surface area contributed by atoms with Gasteiger partial charge in [-0.1, -0.05) is 19.8 Å². The van der Waals surface area contributed by atoms with E-state index in [0.29, 0.717) is 12.0 Å². The lowest BCUT2D eigenvalue weighted by Crippen LogP contribution is -2.52. The number of carbonyl (C=O) groups is 1. The van der Waals surface area contributed by atoms with Crippen LogP contribution in [0.15, 0.2) is 0 Å². The van der Waals surface area contributed by atoms with E-state index in [1.807, 2.05) is 11.8 Å². The van der Waals surface area contributed by atoms with Gasteiger partial charge in [-0.3, -0.25) is 4.79 Å². The molecule has 0 heterocycles. The number of nitrogens with zero attached hydrogens (tertiary/aromatic N) is 2. The molecule has 0 aromatic heterocycles. The standard InChI is InChI=1S/C14H22N2O/c1-3-16(12-6-4-5-7-12)13(17)14(10-15)8-11(2)9-14/h11-12H,3-9H2,1-2H3. The van der Waals surface area contributed by atoms with E-state index in [2.05, 4.69) is 13.0 Å². The summed E-state index contributed by atoms with van der Waals surface area (Å²) >= 11 is 0. The Bertz CT molecular complexity index is 333. The summed E-state index contributed by atoms with van der Waals surface area (Å²) in [6, 6.07) is 2.69. The molecule has 17 heavy (non-hydrogen) atoms. The van der Waals surface area contributed by atoms with Crippen molar-refractivity contribution in [1.29, 1.82) is 5.26 Å². The van der Waals surface area contributed by atoms with Crippen molar-refractivity contribution >= 4 is 5.91 Å². The summed E-state index contributed by atoms with van der Waals surface area (Å²) in [5.74, 6) is 0.633. The first-order chi connectivity index (χ1) is 8.13. The van der Waals surface area contributed by atoms with Gasteiger partial charge in [-0.05, 0) is 38.5 Å². The van der Waals surface area contributed by atoms with Gasteiger partial charge in [-0.15, -0.1) is 0 Å². The second kappa shape index (κ2) is 4.68. The van der Waals surface area contributed by atoms with E-state index in [4.69, 9.17) is 0 Å². The van der Waals surface area contributed by atoms with Gasteiger partial charge in [0, 0.05) is 12.6 Å². The summed E-state index contributed by atoms with van der Waals surface area (Å²) in [5.41, 5.74) is -0.683. The third kappa shape index (κ3) is 2.06. The lowest BCUT2D eigenvalue weighted by atomic mass is 9.62. The maximum atomic E-state index is 12.5. The molecule has 1 amide bonds. The van der Waals surface area contributed by atoms with Crippen molar-refractivity contribution in [3.8, 4) is 6.07 Å². The molecule has 2 aliphatic carbocycles. The number of amides is 1. The molecule has 0 aromatic rings. The van der Waals surface area contributed by atoms with Crippen molar-refractivity contribution in [2.45, 2.75) is 58.4 Å². The van der Waals surface area contributed by atoms with E-state index in [9.17, 15) is 10.1 Å². The van der Waals surface area contributed by atoms with Crippen LogP contribution in [-0.2, 0) is 4.79 Å². The topological polar surface area (TPSA) is 44.1 Å². The molecule has 0 aromatic carbocycles. The summed E-state index contributed by atoms with van der Waals surface area (Å²) < 4.78 is 0. The predicted octanol–water partition coefficient (Wildman–Crippen LogP) is 2.72. The molecule has 0 bridgehead atoms. The molecule has 0 unspecified atom stereocenters. The van der Waals surface area contributed by atoms with Crippen molar-refractivity contribution in [1.82, 2.24) is 4.90 Å². The number of nitriles is 1. The first-order valence-electron chi connectivity index (χ1n) is 6.85. The van der Waals surface area contributed by atoms with Crippen LogP contribution in [0.2, 0.25) is 0 Å². The fourth-order valence-corrected chi connectivity index (χ4v) is 3.50. The highest BCUT2D eigenvalue weighted by molar-refractivity contribution is 5.86. The first kappa shape index (κ1) is 12.4. The largest absolute Gasteiger partial charge is 0.339 e. The summed E-state index contributed by atoms with van der Waals surface area (Å²) in [6.07, 6.45) is 6.21. The van der Waals surface area contributed by atoms with Gasteiger partial charge in [0.1, 0.15) is 5.41 Å². The van der Waals surface area contributed by atoms with E-state index in [1.165, 1.54) is 12.8 Å². The van der Waals surface area contributed by atoms with Gasteiger partial charge in [0.25, 0.3) is 0 Å². The van der Waals surface area contributed by atoms with Crippen LogP contribution in [-0.4, -0.2) is 23.4 Å². The molecule has 2 rings (SSSR count). The van der Waals surface area contributed by atoms with Crippen molar-refractivity contribution in [2.75, 3.05) is 6.54 Å². The van der Waals surface area contributed by atoms with Crippen LogP contribution >= 0.6 is 0 Å². The summed E-state index contributed by atoms with van der Waals surface area (Å²) in [7, 11) is 0. The van der Waals surface area contributed by atoms with Crippen LogP contribution in [0.3, 0.4) is 0 Å². The Morgan fingerprint density at radius 3 is 2.41 bits per heavy atom. The minimum absolute atomic E-state index is 0.104. The molecule has 0 atom stereocenters. The van der Waals surface area contributed by atoms with E-state index in [-0.39, 0.29) is 5.91 Å². The molecular formula is C14H22N2O. The lowest BCUT2D eigenvalue weighted by Gasteiger charge is -2.43. The van der Waals surface area contributed by atoms with Crippen molar-refractivity contribution < 1.29 is 4.79 Å². The van der Waals surface area contributed by atoms with Gasteiger partial charge >= 0.3 is 0 Å². The summed E-state index contributed by atoms with van der Waals surface area (Å²) in [5, 5.41) is 9.31. The summed E-state index contributed by atoms with van der Waals surface area (Å²) in [4.78, 5) is 14.5. The molecule has 3 heteroatoms. The van der Waals surface area contributed by atoms with Crippen LogP contribution < -0.4 is 0 Å². The fraction of sp³-hybridized carbons (Fsp3) is 0.857. The highest BCUT2D eigenvalue weighted by Crippen LogP contribution is 2.47. The van der Waals surface area contributed by atoms with Crippen LogP contribution in [0.25, 0.3) is 0 Å². The second-order valence-corrected chi connectivity index (χ2v) is 5.74. The highest BCUT2D eigenvalue weighted by Gasteiger charge is 2.51. The number of hydrogen-bond donors (Lipinski definition) is 0. The zero-order chi connectivity index (χ0) is 12.5. The van der Waals surface area contributed by atoms with Crippen molar-refractivity contribution in [2.24, 2.45) is 11.3 Å². The van der Waals surface area contributed by atoms with E-state index < -0.39 is 5.41 Å². The number of carbonyl (C=O) groups excluding carboxylic acids is 1. The van der Waals surface area contributed by atoms with Crippen LogP contribution in [0, 0.1) is 22.7 Å². The molecule has 0 spiro atoms. The first-order valence-corrected chi connectivity index (χ1v) is 6.85. The molecule has 94 valence electrons. The molecule has 0 aliphatic heterocycles. The van der Waals surface area contributed by atoms with E-state index in [1.54, 1.807) is 0 Å². The van der Waals surface area contributed by atoms with Crippen LogP contribution in [0.4, 0.5) is 0 Å². The fourth-order valence-electron chi connectivity index (χ4n) is 3.50. The van der Waals surface area contributed by atoms with Crippen molar-refractivity contribution in [3.05, 3.63) is 0 Å². The minimum Gasteiger partial charge on any atom is -0.339 e. The number of hydrogen-bond acceptors (Lipinski definition) is 2. The molecule has 2 aliphatic rings. The van der Waals surface area contributed by atoms with Crippen LogP contribution in [0.1, 0.15) is 52.4 Å². The third-order valence-electron chi connectivity index (χ3n) is 4.38. The minimum atomic E-state index is -0.683. The normalized spacial score (nSPS) is 32.9. The molecular weight excluding hydrogens is 212 g/mol. The zero-order valence-electron chi connectivity index (χ0n) is 10.9. The van der Waals surface area contributed by atoms with E-state index in [0.717, 1.165) is 32.2 Å². The molecule has 0 N–H and O–H groups in total. The van der Waals surface area contributed by atoms with E-state index >= 15 is 0 Å². The highest BCUT2D eigenvalue weighted by atomic mass is 16.2. The molecule has 0 saturated heterocycles. The molecule has 0 radical (unpaired) electrons. The Balaban J connectivity index is 2.09. The maximum Gasteiger partial charge on any atom is 0.243 e. The van der Waals surface area contributed by atoms with Crippen molar-refractivity contribution in [3.63, 3.8) is 0 Å². The Morgan fingerprint density at radius 1 is 1.41 bits per heavy atom. The molecule has 2 saturated carbocycles. The Kier molecular flexibility index (Phi) is 3.42. The zero-order valence-corrected chi connectivity index (χ0v) is 10.9. The number of rotatable bonds is 3. The average Bonchev–Trinajstić information content (AvgIpc) is 2.79. The predicted molar refractivity (Wildman–Crippen MR) is 66.1 cm³/mol. The molecule has 2 fully saturated rings. The average molecular weight is 234 g/mol.